The van der Waals surface area contributed by atoms with Crippen LogP contribution in [0.5, 0.6) is 11.5 Å². The summed E-state index contributed by atoms with van der Waals surface area (Å²) >= 11 is 0. The van der Waals surface area contributed by atoms with Crippen LogP contribution in [0.1, 0.15) is 18.9 Å². The van der Waals surface area contributed by atoms with Crippen LogP contribution < -0.4 is 20.1 Å². The third-order valence-electron chi connectivity index (χ3n) is 3.54. The van der Waals surface area contributed by atoms with Crippen LogP contribution in [0.4, 0.5) is 4.79 Å². The van der Waals surface area contributed by atoms with Crippen LogP contribution in [0.3, 0.4) is 0 Å². The Hall–Kier alpha value is -2.48. The lowest BCUT2D eigenvalue weighted by Gasteiger charge is -2.25. The molecule has 8 heteroatoms. The summed E-state index contributed by atoms with van der Waals surface area (Å²) in [6, 6.07) is 4.84. The highest BCUT2D eigenvalue weighted by Gasteiger charge is 2.27. The molecule has 0 aliphatic rings. The van der Waals surface area contributed by atoms with E-state index >= 15 is 0 Å². The largest absolute Gasteiger partial charge is 0.493 e. The number of ether oxygens (including phenoxy) is 2. The van der Waals surface area contributed by atoms with Crippen molar-refractivity contribution in [3.63, 3.8) is 0 Å². The Bertz CT molecular complexity index is 578. The zero-order valence-corrected chi connectivity index (χ0v) is 14.1. The SMILES string of the molecule is COc1ccc(CNC(=O)NCC(C)(CO)CC(=O)O)cc1OC. The van der Waals surface area contributed by atoms with Crippen LogP contribution in [0, 0.1) is 5.41 Å². The highest BCUT2D eigenvalue weighted by Crippen LogP contribution is 2.27. The second-order valence-corrected chi connectivity index (χ2v) is 5.76. The molecule has 1 aromatic carbocycles. The van der Waals surface area contributed by atoms with Crippen molar-refractivity contribution in [3.05, 3.63) is 23.8 Å². The maximum absolute atomic E-state index is 11.8. The van der Waals surface area contributed by atoms with E-state index in [2.05, 4.69) is 10.6 Å². The van der Waals surface area contributed by atoms with Crippen LogP contribution in [-0.2, 0) is 11.3 Å². The van der Waals surface area contributed by atoms with Crippen molar-refractivity contribution < 1.29 is 29.3 Å². The number of carbonyl (C=O) groups is 2. The summed E-state index contributed by atoms with van der Waals surface area (Å²) in [7, 11) is 3.07. The first-order valence-electron chi connectivity index (χ1n) is 7.39. The molecule has 0 aliphatic carbocycles. The maximum atomic E-state index is 11.8. The number of hydrogen-bond donors (Lipinski definition) is 4. The van der Waals surface area contributed by atoms with Gasteiger partial charge in [0.1, 0.15) is 0 Å². The van der Waals surface area contributed by atoms with Crippen molar-refractivity contribution in [2.24, 2.45) is 5.41 Å². The fourth-order valence-corrected chi connectivity index (χ4v) is 2.07. The Balaban J connectivity index is 2.53. The zero-order chi connectivity index (χ0) is 18.2. The molecule has 0 radical (unpaired) electrons. The van der Waals surface area contributed by atoms with Crippen LogP contribution in [0.25, 0.3) is 0 Å². The molecule has 24 heavy (non-hydrogen) atoms. The van der Waals surface area contributed by atoms with E-state index in [9.17, 15) is 14.7 Å². The second-order valence-electron chi connectivity index (χ2n) is 5.76. The highest BCUT2D eigenvalue weighted by atomic mass is 16.5. The van der Waals surface area contributed by atoms with Gasteiger partial charge in [-0.25, -0.2) is 4.79 Å². The number of carboxylic acid groups (broad SMARTS) is 1. The molecular formula is C16H24N2O6. The van der Waals surface area contributed by atoms with Gasteiger partial charge in [0.05, 0.1) is 27.2 Å². The van der Waals surface area contributed by atoms with Crippen LogP contribution in [0.2, 0.25) is 0 Å². The van der Waals surface area contributed by atoms with Crippen molar-refractivity contribution in [2.75, 3.05) is 27.4 Å². The lowest BCUT2D eigenvalue weighted by Crippen LogP contribution is -2.43. The summed E-state index contributed by atoms with van der Waals surface area (Å²) < 4.78 is 10.3. The third-order valence-corrected chi connectivity index (χ3v) is 3.54. The number of amides is 2. The predicted octanol–water partition coefficient (Wildman–Crippen LogP) is 0.976. The highest BCUT2D eigenvalue weighted by molar-refractivity contribution is 5.74. The van der Waals surface area contributed by atoms with Crippen LogP contribution in [-0.4, -0.2) is 49.6 Å². The Morgan fingerprint density at radius 1 is 1.17 bits per heavy atom. The quantitative estimate of drug-likeness (QED) is 0.532. The molecule has 0 heterocycles. The first-order chi connectivity index (χ1) is 11.3. The van der Waals surface area contributed by atoms with Gasteiger partial charge < -0.3 is 30.3 Å². The number of rotatable bonds is 9. The lowest BCUT2D eigenvalue weighted by molar-refractivity contribution is -0.140. The standard InChI is InChI=1S/C16H24N2O6/c1-16(10-19,7-14(20)21)9-18-15(22)17-8-11-4-5-12(23-2)13(6-11)24-3/h4-6,19H,7-10H2,1-3H3,(H,20,21)(H2,17,18,22). The van der Waals surface area contributed by atoms with Crippen molar-refractivity contribution in [1.82, 2.24) is 10.6 Å². The van der Waals surface area contributed by atoms with Crippen molar-refractivity contribution in [1.29, 1.82) is 0 Å². The molecular weight excluding hydrogens is 316 g/mol. The van der Waals surface area contributed by atoms with E-state index in [1.165, 1.54) is 7.11 Å². The van der Waals surface area contributed by atoms with E-state index in [0.29, 0.717) is 11.5 Å². The van der Waals surface area contributed by atoms with Gasteiger partial charge in [-0.1, -0.05) is 13.0 Å². The Kier molecular flexibility index (Phi) is 7.31. The first kappa shape index (κ1) is 19.6. The summed E-state index contributed by atoms with van der Waals surface area (Å²) in [4.78, 5) is 22.6. The molecule has 0 aliphatic heterocycles. The molecule has 1 rings (SSSR count). The first-order valence-corrected chi connectivity index (χ1v) is 7.39. The molecule has 4 N–H and O–H groups in total. The fourth-order valence-electron chi connectivity index (χ4n) is 2.07. The van der Waals surface area contributed by atoms with E-state index in [0.717, 1.165) is 5.56 Å². The average Bonchev–Trinajstić information content (AvgIpc) is 2.57. The average molecular weight is 340 g/mol. The summed E-state index contributed by atoms with van der Waals surface area (Å²) in [6.45, 7) is 1.57. The molecule has 0 aromatic heterocycles. The van der Waals surface area contributed by atoms with Gasteiger partial charge in [0, 0.05) is 18.5 Å². The summed E-state index contributed by atoms with van der Waals surface area (Å²) in [6.07, 6.45) is -0.237. The molecule has 0 bridgehead atoms. The van der Waals surface area contributed by atoms with Gasteiger partial charge in [0.2, 0.25) is 0 Å². The Morgan fingerprint density at radius 2 is 1.83 bits per heavy atom. The fraction of sp³-hybridized carbons (Fsp3) is 0.500. The van der Waals surface area contributed by atoms with Crippen molar-refractivity contribution in [3.8, 4) is 11.5 Å². The number of aliphatic hydroxyl groups is 1. The molecule has 0 fully saturated rings. The molecule has 0 spiro atoms. The molecule has 8 nitrogen and oxygen atoms in total. The number of hydrogen-bond acceptors (Lipinski definition) is 5. The van der Waals surface area contributed by atoms with Gasteiger partial charge in [-0.3, -0.25) is 4.79 Å². The van der Waals surface area contributed by atoms with E-state index in [-0.39, 0.29) is 26.1 Å². The van der Waals surface area contributed by atoms with E-state index in [4.69, 9.17) is 14.6 Å². The number of methoxy groups -OCH3 is 2. The van der Waals surface area contributed by atoms with E-state index < -0.39 is 17.4 Å². The summed E-state index contributed by atoms with van der Waals surface area (Å²) in [5.41, 5.74) is -0.0924. The maximum Gasteiger partial charge on any atom is 0.315 e. The minimum absolute atomic E-state index is 0.0492. The molecule has 134 valence electrons. The number of aliphatic carboxylic acids is 1. The summed E-state index contributed by atoms with van der Waals surface area (Å²) in [5.74, 6) is 0.128. The molecule has 2 amide bonds. The number of aliphatic hydroxyl groups excluding tert-OH is 1. The number of benzene rings is 1. The zero-order valence-electron chi connectivity index (χ0n) is 14.1. The molecule has 1 unspecified atom stereocenters. The van der Waals surface area contributed by atoms with Crippen molar-refractivity contribution >= 4 is 12.0 Å². The molecule has 1 atom stereocenters. The topological polar surface area (TPSA) is 117 Å². The van der Waals surface area contributed by atoms with Gasteiger partial charge in [-0.2, -0.15) is 0 Å². The van der Waals surface area contributed by atoms with Gasteiger partial charge in [0.15, 0.2) is 11.5 Å². The van der Waals surface area contributed by atoms with E-state index in [1.54, 1.807) is 32.2 Å². The number of carboxylic acids is 1. The normalized spacial score (nSPS) is 12.8. The number of carbonyl (C=O) groups excluding carboxylic acids is 1. The number of urea groups is 1. The minimum atomic E-state index is -1.03. The van der Waals surface area contributed by atoms with Gasteiger partial charge in [-0.05, 0) is 17.7 Å². The smallest absolute Gasteiger partial charge is 0.315 e. The summed E-state index contributed by atoms with van der Waals surface area (Å²) in [5, 5.41) is 23.4. The number of nitrogens with one attached hydrogen (secondary N) is 2. The minimum Gasteiger partial charge on any atom is -0.493 e. The Morgan fingerprint density at radius 3 is 2.38 bits per heavy atom. The van der Waals surface area contributed by atoms with Crippen LogP contribution in [0.15, 0.2) is 18.2 Å². The van der Waals surface area contributed by atoms with Crippen LogP contribution >= 0.6 is 0 Å². The lowest BCUT2D eigenvalue weighted by atomic mass is 9.88. The molecule has 0 saturated heterocycles. The monoisotopic (exact) mass is 340 g/mol. The molecule has 0 saturated carbocycles. The van der Waals surface area contributed by atoms with E-state index in [1.807, 2.05) is 0 Å². The van der Waals surface area contributed by atoms with Gasteiger partial charge >= 0.3 is 12.0 Å². The molecule has 1 aromatic rings. The predicted molar refractivity (Wildman–Crippen MR) is 87.2 cm³/mol. The van der Waals surface area contributed by atoms with Crippen molar-refractivity contribution in [2.45, 2.75) is 19.9 Å². The van der Waals surface area contributed by atoms with Gasteiger partial charge in [-0.15, -0.1) is 0 Å². The van der Waals surface area contributed by atoms with Gasteiger partial charge in [0.25, 0.3) is 0 Å². The third kappa shape index (κ3) is 5.96. The Labute approximate surface area is 140 Å². The second kappa shape index (κ2) is 8.97.